The minimum Gasteiger partial charge on any atom is -0.384 e. The third-order valence-electron chi connectivity index (χ3n) is 1.37. The lowest BCUT2D eigenvalue weighted by molar-refractivity contribution is 1.01. The topological polar surface area (TPSA) is 62.7 Å². The maximum Gasteiger partial charge on any atom is 0.123 e. The first-order chi connectivity index (χ1) is 5.33. The zero-order valence-corrected chi connectivity index (χ0v) is 6.12. The van der Waals surface area contributed by atoms with Crippen LogP contribution in [0.4, 0.5) is 5.82 Å². The fourth-order valence-electron chi connectivity index (χ4n) is 0.850. The van der Waals surface area contributed by atoms with Gasteiger partial charge in [-0.25, -0.2) is 4.98 Å². The molecular formula is C8H9N3. The van der Waals surface area contributed by atoms with Gasteiger partial charge < -0.3 is 5.73 Å². The molecule has 0 unspecified atom stereocenters. The summed E-state index contributed by atoms with van der Waals surface area (Å²) < 4.78 is 0. The molecule has 0 amide bonds. The van der Waals surface area contributed by atoms with Crippen molar-refractivity contribution < 1.29 is 0 Å². The van der Waals surface area contributed by atoms with Crippen molar-refractivity contribution in [3.8, 4) is 6.07 Å². The molecule has 0 aromatic carbocycles. The van der Waals surface area contributed by atoms with Crippen LogP contribution in [-0.2, 0) is 6.42 Å². The van der Waals surface area contributed by atoms with E-state index in [1.54, 1.807) is 12.3 Å². The van der Waals surface area contributed by atoms with Gasteiger partial charge in [0.15, 0.2) is 0 Å². The number of nitriles is 1. The third kappa shape index (κ3) is 2.26. The second-order valence-electron chi connectivity index (χ2n) is 2.25. The summed E-state index contributed by atoms with van der Waals surface area (Å²) in [6.45, 7) is 0. The highest BCUT2D eigenvalue weighted by Gasteiger charge is 1.92. The Morgan fingerprint density at radius 3 is 3.09 bits per heavy atom. The molecule has 0 bridgehead atoms. The molecule has 0 saturated heterocycles. The van der Waals surface area contributed by atoms with E-state index in [2.05, 4.69) is 11.1 Å². The molecule has 3 nitrogen and oxygen atoms in total. The van der Waals surface area contributed by atoms with Crippen LogP contribution in [0.1, 0.15) is 12.0 Å². The maximum atomic E-state index is 8.30. The standard InChI is InChI=1S/C8H9N3/c9-4-1-2-7-3-5-11-8(10)6-7/h3,5-6H,1-2H2,(H2,10,11). The SMILES string of the molecule is N#CCCc1ccnc(N)c1. The van der Waals surface area contributed by atoms with E-state index >= 15 is 0 Å². The summed E-state index contributed by atoms with van der Waals surface area (Å²) in [6, 6.07) is 5.73. The van der Waals surface area contributed by atoms with Gasteiger partial charge in [0, 0.05) is 12.6 Å². The van der Waals surface area contributed by atoms with E-state index in [4.69, 9.17) is 11.0 Å². The van der Waals surface area contributed by atoms with Crippen molar-refractivity contribution in [2.24, 2.45) is 0 Å². The highest BCUT2D eigenvalue weighted by Crippen LogP contribution is 2.04. The van der Waals surface area contributed by atoms with Crippen molar-refractivity contribution in [1.82, 2.24) is 4.98 Å². The predicted octanol–water partition coefficient (Wildman–Crippen LogP) is 1.12. The van der Waals surface area contributed by atoms with E-state index in [0.29, 0.717) is 12.2 Å². The second kappa shape index (κ2) is 3.57. The van der Waals surface area contributed by atoms with E-state index in [9.17, 15) is 0 Å². The lowest BCUT2D eigenvalue weighted by Crippen LogP contribution is -1.91. The summed E-state index contributed by atoms with van der Waals surface area (Å²) >= 11 is 0. The van der Waals surface area contributed by atoms with Gasteiger partial charge >= 0.3 is 0 Å². The van der Waals surface area contributed by atoms with Gasteiger partial charge in [0.2, 0.25) is 0 Å². The first kappa shape index (κ1) is 7.55. The van der Waals surface area contributed by atoms with E-state index in [1.807, 2.05) is 6.07 Å². The summed E-state index contributed by atoms with van der Waals surface area (Å²) in [6.07, 6.45) is 2.94. The fraction of sp³-hybridized carbons (Fsp3) is 0.250. The molecule has 0 fully saturated rings. The lowest BCUT2D eigenvalue weighted by Gasteiger charge is -1.96. The average Bonchev–Trinajstić information content (AvgIpc) is 2.01. The molecule has 2 N–H and O–H groups in total. The van der Waals surface area contributed by atoms with Gasteiger partial charge in [-0.3, -0.25) is 0 Å². The lowest BCUT2D eigenvalue weighted by atomic mass is 10.1. The first-order valence-electron chi connectivity index (χ1n) is 3.40. The van der Waals surface area contributed by atoms with Crippen LogP contribution >= 0.6 is 0 Å². The fourth-order valence-corrected chi connectivity index (χ4v) is 0.850. The van der Waals surface area contributed by atoms with Crippen LogP contribution in [0.25, 0.3) is 0 Å². The molecule has 1 rings (SSSR count). The Labute approximate surface area is 65.5 Å². The maximum absolute atomic E-state index is 8.30. The molecule has 0 atom stereocenters. The van der Waals surface area contributed by atoms with Gasteiger partial charge in [0.25, 0.3) is 0 Å². The minimum absolute atomic E-state index is 0.514. The molecule has 11 heavy (non-hydrogen) atoms. The number of aryl methyl sites for hydroxylation is 1. The van der Waals surface area contributed by atoms with Crippen molar-refractivity contribution in [2.75, 3.05) is 5.73 Å². The molecule has 1 aromatic rings. The number of nitrogens with zero attached hydrogens (tertiary/aromatic N) is 2. The van der Waals surface area contributed by atoms with Crippen LogP contribution in [0.3, 0.4) is 0 Å². The molecule has 0 spiro atoms. The summed E-state index contributed by atoms with van der Waals surface area (Å²) in [5.74, 6) is 0.514. The van der Waals surface area contributed by atoms with E-state index in [0.717, 1.165) is 12.0 Å². The molecule has 3 heteroatoms. The third-order valence-corrected chi connectivity index (χ3v) is 1.37. The van der Waals surface area contributed by atoms with Gasteiger partial charge in [-0.15, -0.1) is 0 Å². The molecule has 1 aromatic heterocycles. The summed E-state index contributed by atoms with van der Waals surface area (Å²) in [4.78, 5) is 3.84. The number of rotatable bonds is 2. The molecule has 56 valence electrons. The molecule has 0 aliphatic rings. The molecule has 0 saturated carbocycles. The smallest absolute Gasteiger partial charge is 0.123 e. The van der Waals surface area contributed by atoms with Crippen LogP contribution in [0.15, 0.2) is 18.3 Å². The Kier molecular flexibility index (Phi) is 2.45. The van der Waals surface area contributed by atoms with Gasteiger partial charge in [0.05, 0.1) is 6.07 Å². The number of nitrogen functional groups attached to an aromatic ring is 1. The van der Waals surface area contributed by atoms with E-state index in [1.165, 1.54) is 0 Å². The summed E-state index contributed by atoms with van der Waals surface area (Å²) in [7, 11) is 0. The normalized spacial score (nSPS) is 9.00. The number of nitrogens with two attached hydrogens (primary N) is 1. The van der Waals surface area contributed by atoms with Crippen LogP contribution in [0, 0.1) is 11.3 Å². The number of anilines is 1. The molecule has 1 heterocycles. The summed E-state index contributed by atoms with van der Waals surface area (Å²) in [5, 5.41) is 8.30. The van der Waals surface area contributed by atoms with E-state index < -0.39 is 0 Å². The number of hydrogen-bond donors (Lipinski definition) is 1. The van der Waals surface area contributed by atoms with E-state index in [-0.39, 0.29) is 0 Å². The second-order valence-corrected chi connectivity index (χ2v) is 2.25. The van der Waals surface area contributed by atoms with Gasteiger partial charge in [0.1, 0.15) is 5.82 Å². The largest absolute Gasteiger partial charge is 0.384 e. The Balaban J connectivity index is 2.65. The summed E-state index contributed by atoms with van der Waals surface area (Å²) in [5.41, 5.74) is 6.50. The minimum atomic E-state index is 0.514. The van der Waals surface area contributed by atoms with Crippen molar-refractivity contribution >= 4 is 5.82 Å². The Bertz CT molecular complexity index is 275. The van der Waals surface area contributed by atoms with Crippen molar-refractivity contribution in [3.63, 3.8) is 0 Å². The monoisotopic (exact) mass is 147 g/mol. The van der Waals surface area contributed by atoms with Crippen LogP contribution in [0.5, 0.6) is 0 Å². The number of aromatic nitrogens is 1. The van der Waals surface area contributed by atoms with Crippen molar-refractivity contribution in [1.29, 1.82) is 5.26 Å². The quantitative estimate of drug-likeness (QED) is 0.681. The number of pyridine rings is 1. The Morgan fingerprint density at radius 2 is 2.45 bits per heavy atom. The first-order valence-corrected chi connectivity index (χ1v) is 3.40. The zero-order valence-electron chi connectivity index (χ0n) is 6.12. The van der Waals surface area contributed by atoms with Gasteiger partial charge in [-0.2, -0.15) is 5.26 Å². The van der Waals surface area contributed by atoms with Crippen molar-refractivity contribution in [2.45, 2.75) is 12.8 Å². The molecule has 0 aliphatic carbocycles. The number of hydrogen-bond acceptors (Lipinski definition) is 3. The predicted molar refractivity (Wildman–Crippen MR) is 42.6 cm³/mol. The molecular weight excluding hydrogens is 138 g/mol. The Morgan fingerprint density at radius 1 is 1.64 bits per heavy atom. The van der Waals surface area contributed by atoms with Crippen LogP contribution < -0.4 is 5.73 Å². The highest BCUT2D eigenvalue weighted by molar-refractivity contribution is 5.31. The van der Waals surface area contributed by atoms with Crippen LogP contribution in [0.2, 0.25) is 0 Å². The Hall–Kier alpha value is -1.56. The zero-order chi connectivity index (χ0) is 8.10. The molecule has 0 aliphatic heterocycles. The average molecular weight is 147 g/mol. The highest BCUT2D eigenvalue weighted by atomic mass is 14.8. The van der Waals surface area contributed by atoms with Crippen molar-refractivity contribution in [3.05, 3.63) is 23.9 Å². The van der Waals surface area contributed by atoms with Gasteiger partial charge in [-0.05, 0) is 24.1 Å². The molecule has 0 radical (unpaired) electrons. The van der Waals surface area contributed by atoms with Gasteiger partial charge in [-0.1, -0.05) is 0 Å². The van der Waals surface area contributed by atoms with Crippen LogP contribution in [-0.4, -0.2) is 4.98 Å².